The summed E-state index contributed by atoms with van der Waals surface area (Å²) in [6, 6.07) is 14.3. The summed E-state index contributed by atoms with van der Waals surface area (Å²) in [5.41, 5.74) is 2.00. The van der Waals surface area contributed by atoms with Gasteiger partial charge in [-0.3, -0.25) is 4.79 Å². The van der Waals surface area contributed by atoms with E-state index in [4.69, 9.17) is 27.9 Å². The predicted molar refractivity (Wildman–Crippen MR) is 129 cm³/mol. The van der Waals surface area contributed by atoms with Crippen LogP contribution < -0.4 is 0 Å². The number of hydrogen-bond acceptors (Lipinski definition) is 3. The smallest absolute Gasteiger partial charge is 0.328 e. The lowest BCUT2D eigenvalue weighted by molar-refractivity contribution is -0.162. The third-order valence-electron chi connectivity index (χ3n) is 6.19. The average molecular weight is 476 g/mol. The van der Waals surface area contributed by atoms with Gasteiger partial charge in [-0.1, -0.05) is 74.7 Å². The predicted octanol–water partition coefficient (Wildman–Crippen LogP) is 6.81. The van der Waals surface area contributed by atoms with Gasteiger partial charge in [0.2, 0.25) is 5.91 Å². The van der Waals surface area contributed by atoms with Gasteiger partial charge >= 0.3 is 5.97 Å². The number of carbonyl (C=O) groups excluding carboxylic acids is 2. The molecular formula is C26H31Cl2NO3. The molecule has 1 amide bonds. The van der Waals surface area contributed by atoms with E-state index in [0.29, 0.717) is 29.5 Å². The van der Waals surface area contributed by atoms with Crippen LogP contribution in [0.1, 0.15) is 69.5 Å². The normalized spacial score (nSPS) is 22.0. The van der Waals surface area contributed by atoms with Crippen molar-refractivity contribution in [2.24, 2.45) is 5.92 Å². The van der Waals surface area contributed by atoms with Gasteiger partial charge in [-0.05, 0) is 54.7 Å². The first-order valence-corrected chi connectivity index (χ1v) is 12.1. The molecule has 6 heteroatoms. The van der Waals surface area contributed by atoms with Crippen LogP contribution in [0.5, 0.6) is 0 Å². The maximum Gasteiger partial charge on any atom is 0.328 e. The highest BCUT2D eigenvalue weighted by molar-refractivity contribution is 6.30. The summed E-state index contributed by atoms with van der Waals surface area (Å²) in [6.07, 6.45) is 2.90. The van der Waals surface area contributed by atoms with Crippen molar-refractivity contribution < 1.29 is 14.3 Å². The van der Waals surface area contributed by atoms with Crippen molar-refractivity contribution in [2.75, 3.05) is 6.61 Å². The minimum absolute atomic E-state index is 0.0138. The molecule has 1 unspecified atom stereocenters. The molecule has 0 radical (unpaired) electrons. The molecule has 0 aromatic heterocycles. The Kier molecular flexibility index (Phi) is 8.61. The Bertz CT molecular complexity index is 931. The zero-order chi connectivity index (χ0) is 23.3. The summed E-state index contributed by atoms with van der Waals surface area (Å²) in [5.74, 6) is -0.602. The summed E-state index contributed by atoms with van der Waals surface area (Å²) in [5, 5.41) is 1.28. The monoisotopic (exact) mass is 475 g/mol. The van der Waals surface area contributed by atoms with Crippen LogP contribution in [-0.2, 0) is 14.3 Å². The SMILES string of the molecule is CCCCOC(=O)[C@H](CC)N1C(=O)C(C)C[C@H](c2cccc(Cl)c2)[C@H]1c1ccc(Cl)cc1. The second-order valence-corrected chi connectivity index (χ2v) is 9.36. The molecule has 1 aliphatic rings. The fraction of sp³-hybridized carbons (Fsp3) is 0.462. The molecule has 1 heterocycles. The Balaban J connectivity index is 2.08. The van der Waals surface area contributed by atoms with Crippen molar-refractivity contribution in [2.45, 2.75) is 64.5 Å². The van der Waals surface area contributed by atoms with Crippen LogP contribution >= 0.6 is 23.2 Å². The number of benzene rings is 2. The first-order chi connectivity index (χ1) is 15.4. The van der Waals surface area contributed by atoms with Crippen LogP contribution in [-0.4, -0.2) is 29.4 Å². The van der Waals surface area contributed by atoms with E-state index in [-0.39, 0.29) is 29.8 Å². The summed E-state index contributed by atoms with van der Waals surface area (Å²) >= 11 is 12.5. The molecule has 0 N–H and O–H groups in total. The lowest BCUT2D eigenvalue weighted by Gasteiger charge is -2.47. The van der Waals surface area contributed by atoms with Gasteiger partial charge in [-0.25, -0.2) is 4.79 Å². The molecule has 1 aliphatic heterocycles. The lowest BCUT2D eigenvalue weighted by atomic mass is 9.75. The van der Waals surface area contributed by atoms with Gasteiger partial charge in [0.1, 0.15) is 6.04 Å². The zero-order valence-electron chi connectivity index (χ0n) is 18.9. The highest BCUT2D eigenvalue weighted by Gasteiger charge is 2.46. The number of hydrogen-bond donors (Lipinski definition) is 0. The summed E-state index contributed by atoms with van der Waals surface area (Å²) in [7, 11) is 0. The largest absolute Gasteiger partial charge is 0.464 e. The molecule has 3 rings (SSSR count). The number of rotatable bonds is 8. The van der Waals surface area contributed by atoms with E-state index >= 15 is 0 Å². The van der Waals surface area contributed by atoms with Crippen LogP contribution in [0.3, 0.4) is 0 Å². The van der Waals surface area contributed by atoms with Crippen molar-refractivity contribution in [3.05, 3.63) is 69.7 Å². The maximum atomic E-state index is 13.5. The Morgan fingerprint density at radius 3 is 2.44 bits per heavy atom. The first kappa shape index (κ1) is 24.6. The summed E-state index contributed by atoms with van der Waals surface area (Å²) < 4.78 is 5.56. The molecular weight excluding hydrogens is 445 g/mol. The molecule has 172 valence electrons. The molecule has 32 heavy (non-hydrogen) atoms. The van der Waals surface area contributed by atoms with E-state index in [9.17, 15) is 9.59 Å². The average Bonchev–Trinajstić information content (AvgIpc) is 2.78. The highest BCUT2D eigenvalue weighted by atomic mass is 35.5. The molecule has 0 aliphatic carbocycles. The second kappa shape index (κ2) is 11.2. The topological polar surface area (TPSA) is 46.6 Å². The van der Waals surface area contributed by atoms with E-state index in [1.807, 2.05) is 69.3 Å². The van der Waals surface area contributed by atoms with E-state index < -0.39 is 6.04 Å². The molecule has 2 aromatic carbocycles. The van der Waals surface area contributed by atoms with E-state index in [2.05, 4.69) is 0 Å². The van der Waals surface area contributed by atoms with Gasteiger partial charge in [0, 0.05) is 21.9 Å². The third-order valence-corrected chi connectivity index (χ3v) is 6.68. The number of amides is 1. The molecule has 0 spiro atoms. The Morgan fingerprint density at radius 2 is 1.81 bits per heavy atom. The maximum absolute atomic E-state index is 13.5. The minimum Gasteiger partial charge on any atom is -0.464 e. The van der Waals surface area contributed by atoms with Crippen LogP contribution in [0.15, 0.2) is 48.5 Å². The number of esters is 1. The van der Waals surface area contributed by atoms with E-state index in [1.54, 1.807) is 4.90 Å². The Hall–Kier alpha value is -2.04. The number of likely N-dealkylation sites (tertiary alicyclic amines) is 1. The van der Waals surface area contributed by atoms with Crippen LogP contribution in [0.4, 0.5) is 0 Å². The number of nitrogens with zero attached hydrogens (tertiary/aromatic N) is 1. The minimum atomic E-state index is -0.649. The molecule has 0 bridgehead atoms. The molecule has 1 fully saturated rings. The summed E-state index contributed by atoms with van der Waals surface area (Å²) in [6.45, 7) is 6.27. The Morgan fingerprint density at radius 1 is 1.09 bits per heavy atom. The fourth-order valence-corrected chi connectivity index (χ4v) is 4.87. The molecule has 1 saturated heterocycles. The van der Waals surface area contributed by atoms with Gasteiger partial charge < -0.3 is 9.64 Å². The van der Waals surface area contributed by atoms with Crippen LogP contribution in [0, 0.1) is 5.92 Å². The number of piperidine rings is 1. The number of ether oxygens (including phenoxy) is 1. The lowest BCUT2D eigenvalue weighted by Crippen LogP contribution is -2.54. The van der Waals surface area contributed by atoms with Crippen molar-refractivity contribution in [3.63, 3.8) is 0 Å². The van der Waals surface area contributed by atoms with Gasteiger partial charge in [0.25, 0.3) is 0 Å². The zero-order valence-corrected chi connectivity index (χ0v) is 20.4. The van der Waals surface area contributed by atoms with Gasteiger partial charge in [0.05, 0.1) is 12.6 Å². The standard InChI is InChI=1S/C26H31Cl2NO3/c1-4-6-14-32-26(31)23(5-2)29-24(18-10-12-20(27)13-11-18)22(15-17(3)25(29)30)19-8-7-9-21(28)16-19/h7-13,16-17,22-24H,4-6,14-15H2,1-3H3/t17?,22-,23+,24-/m1/s1. The Labute approximate surface area is 200 Å². The van der Waals surface area contributed by atoms with Crippen molar-refractivity contribution >= 4 is 35.1 Å². The van der Waals surface area contributed by atoms with Crippen LogP contribution in [0.2, 0.25) is 10.0 Å². The van der Waals surface area contributed by atoms with Crippen LogP contribution in [0.25, 0.3) is 0 Å². The molecule has 0 saturated carbocycles. The van der Waals surface area contributed by atoms with E-state index in [0.717, 1.165) is 24.0 Å². The van der Waals surface area contributed by atoms with Gasteiger partial charge in [0.15, 0.2) is 0 Å². The van der Waals surface area contributed by atoms with Crippen molar-refractivity contribution in [1.29, 1.82) is 0 Å². The fourth-order valence-electron chi connectivity index (χ4n) is 4.54. The highest BCUT2D eigenvalue weighted by Crippen LogP contribution is 2.46. The van der Waals surface area contributed by atoms with Gasteiger partial charge in [-0.2, -0.15) is 0 Å². The van der Waals surface area contributed by atoms with E-state index in [1.165, 1.54) is 0 Å². The third kappa shape index (κ3) is 5.47. The number of carbonyl (C=O) groups is 2. The molecule has 4 atom stereocenters. The number of halogens is 2. The summed E-state index contributed by atoms with van der Waals surface area (Å²) in [4.78, 5) is 28.4. The van der Waals surface area contributed by atoms with Crippen molar-refractivity contribution in [3.8, 4) is 0 Å². The first-order valence-electron chi connectivity index (χ1n) is 11.4. The second-order valence-electron chi connectivity index (χ2n) is 8.49. The molecule has 4 nitrogen and oxygen atoms in total. The quantitative estimate of drug-likeness (QED) is 0.311. The number of unbranched alkanes of at least 4 members (excludes halogenated alkanes) is 1. The van der Waals surface area contributed by atoms with Gasteiger partial charge in [-0.15, -0.1) is 0 Å². The molecule has 2 aromatic rings. The van der Waals surface area contributed by atoms with Crippen molar-refractivity contribution in [1.82, 2.24) is 4.90 Å².